The Balaban J connectivity index is 1.22. The first kappa shape index (κ1) is 19.6. The predicted octanol–water partition coefficient (Wildman–Crippen LogP) is 3.09. The Morgan fingerprint density at radius 3 is 2.20 bits per heavy atom. The number of carbonyl (C=O) groups is 3. The molecule has 1 aromatic rings. The molecule has 4 amide bonds. The van der Waals surface area contributed by atoms with E-state index in [4.69, 9.17) is 0 Å². The molecule has 6 nitrogen and oxygen atoms in total. The van der Waals surface area contributed by atoms with E-state index in [2.05, 4.69) is 10.6 Å². The van der Waals surface area contributed by atoms with E-state index < -0.39 is 11.6 Å². The Morgan fingerprint density at radius 2 is 1.63 bits per heavy atom. The molecule has 0 aromatic heterocycles. The van der Waals surface area contributed by atoms with Gasteiger partial charge in [-0.2, -0.15) is 0 Å². The van der Waals surface area contributed by atoms with Crippen LogP contribution in [-0.4, -0.2) is 35.8 Å². The van der Waals surface area contributed by atoms with Crippen molar-refractivity contribution in [1.82, 2.24) is 15.5 Å². The highest BCUT2D eigenvalue weighted by molar-refractivity contribution is 6.09. The average molecular weight is 410 g/mol. The van der Waals surface area contributed by atoms with Crippen molar-refractivity contribution in [3.63, 3.8) is 0 Å². The van der Waals surface area contributed by atoms with Crippen LogP contribution in [0.1, 0.15) is 56.6 Å². The fraction of sp³-hybridized carbons (Fsp3) is 0.625. The molecule has 1 aliphatic heterocycles. The van der Waals surface area contributed by atoms with E-state index in [-0.39, 0.29) is 23.8 Å². The van der Waals surface area contributed by atoms with Gasteiger partial charge < -0.3 is 10.6 Å². The second-order valence-electron chi connectivity index (χ2n) is 10.5. The van der Waals surface area contributed by atoms with Crippen LogP contribution in [0.5, 0.6) is 0 Å². The lowest BCUT2D eigenvalue weighted by Crippen LogP contribution is -2.52. The lowest BCUT2D eigenvalue weighted by atomic mass is 9.49. The predicted molar refractivity (Wildman–Crippen MR) is 112 cm³/mol. The van der Waals surface area contributed by atoms with Gasteiger partial charge in [-0.25, -0.2) is 4.79 Å². The van der Waals surface area contributed by atoms with Crippen LogP contribution < -0.4 is 10.6 Å². The quantitative estimate of drug-likeness (QED) is 0.734. The Bertz CT molecular complexity index is 858. The Hall–Kier alpha value is -2.37. The molecule has 1 aromatic carbocycles. The lowest BCUT2D eigenvalue weighted by molar-refractivity contribution is -0.135. The first-order valence-corrected chi connectivity index (χ1v) is 11.2. The molecule has 0 spiro atoms. The summed E-state index contributed by atoms with van der Waals surface area (Å²) < 4.78 is 0. The molecule has 160 valence electrons. The van der Waals surface area contributed by atoms with Gasteiger partial charge in [0.25, 0.3) is 5.91 Å². The second-order valence-corrected chi connectivity index (χ2v) is 10.5. The van der Waals surface area contributed by atoms with Crippen LogP contribution in [0, 0.1) is 30.1 Å². The molecule has 1 saturated heterocycles. The summed E-state index contributed by atoms with van der Waals surface area (Å²) in [6, 6.07) is 7.03. The monoisotopic (exact) mass is 409 g/mol. The summed E-state index contributed by atoms with van der Waals surface area (Å²) in [6.45, 7) is 4.12. The first-order chi connectivity index (χ1) is 14.3. The highest BCUT2D eigenvalue weighted by atomic mass is 16.2. The molecule has 5 fully saturated rings. The molecule has 5 aliphatic rings. The highest BCUT2D eigenvalue weighted by Crippen LogP contribution is 2.59. The molecular formula is C24H31N3O3. The first-order valence-electron chi connectivity index (χ1n) is 11.2. The van der Waals surface area contributed by atoms with E-state index in [0.29, 0.717) is 6.54 Å². The molecule has 4 bridgehead atoms. The molecule has 0 radical (unpaired) electrons. The van der Waals surface area contributed by atoms with Gasteiger partial charge in [0.1, 0.15) is 12.1 Å². The van der Waals surface area contributed by atoms with Crippen LogP contribution in [0.2, 0.25) is 0 Å². The van der Waals surface area contributed by atoms with Gasteiger partial charge in [0, 0.05) is 6.54 Å². The minimum absolute atomic E-state index is 0.224. The van der Waals surface area contributed by atoms with Crippen molar-refractivity contribution >= 4 is 17.8 Å². The van der Waals surface area contributed by atoms with Gasteiger partial charge in [-0.15, -0.1) is 0 Å². The maximum absolute atomic E-state index is 13.0. The van der Waals surface area contributed by atoms with Crippen LogP contribution in [-0.2, 0) is 15.1 Å². The number of nitrogens with one attached hydrogen (secondary N) is 2. The normalized spacial score (nSPS) is 36.9. The van der Waals surface area contributed by atoms with Crippen molar-refractivity contribution in [2.45, 2.75) is 57.9 Å². The zero-order chi connectivity index (χ0) is 21.1. The molecule has 4 aliphatic carbocycles. The van der Waals surface area contributed by atoms with Crippen molar-refractivity contribution in [2.75, 3.05) is 13.1 Å². The lowest BCUT2D eigenvalue weighted by Gasteiger charge is -2.56. The smallest absolute Gasteiger partial charge is 0.325 e. The number of imide groups is 1. The van der Waals surface area contributed by atoms with Crippen LogP contribution >= 0.6 is 0 Å². The number of amides is 4. The maximum Gasteiger partial charge on any atom is 0.325 e. The molecule has 30 heavy (non-hydrogen) atoms. The summed E-state index contributed by atoms with van der Waals surface area (Å²) in [5.41, 5.74) is 0.909. The molecule has 4 saturated carbocycles. The van der Waals surface area contributed by atoms with E-state index in [0.717, 1.165) is 33.8 Å². The largest absolute Gasteiger partial charge is 0.354 e. The number of hydrogen-bond acceptors (Lipinski definition) is 3. The van der Waals surface area contributed by atoms with Crippen LogP contribution in [0.4, 0.5) is 4.79 Å². The zero-order valence-electron chi connectivity index (χ0n) is 17.9. The molecule has 2 N–H and O–H groups in total. The van der Waals surface area contributed by atoms with E-state index >= 15 is 0 Å². The van der Waals surface area contributed by atoms with Gasteiger partial charge in [0.2, 0.25) is 5.91 Å². The number of carbonyl (C=O) groups excluding carboxylic acids is 3. The molecule has 1 heterocycles. The average Bonchev–Trinajstić information content (AvgIpc) is 2.90. The number of rotatable bonds is 5. The van der Waals surface area contributed by atoms with Crippen molar-refractivity contribution in [3.8, 4) is 0 Å². The van der Waals surface area contributed by atoms with Gasteiger partial charge in [-0.1, -0.05) is 29.8 Å². The Kier molecular flexibility index (Phi) is 4.46. The highest BCUT2D eigenvalue weighted by Gasteiger charge is 2.52. The number of benzene rings is 1. The fourth-order valence-corrected chi connectivity index (χ4v) is 6.92. The third kappa shape index (κ3) is 3.21. The molecule has 6 heteroatoms. The van der Waals surface area contributed by atoms with Crippen molar-refractivity contribution in [3.05, 3.63) is 35.4 Å². The second kappa shape index (κ2) is 6.82. The maximum atomic E-state index is 13.0. The molecular weight excluding hydrogens is 378 g/mol. The minimum Gasteiger partial charge on any atom is -0.354 e. The topological polar surface area (TPSA) is 78.5 Å². The van der Waals surface area contributed by atoms with Gasteiger partial charge in [-0.3, -0.25) is 14.5 Å². The summed E-state index contributed by atoms with van der Waals surface area (Å²) in [5, 5.41) is 5.85. The summed E-state index contributed by atoms with van der Waals surface area (Å²) in [6.07, 6.45) is 7.75. The van der Waals surface area contributed by atoms with E-state index in [1.807, 2.05) is 31.2 Å². The van der Waals surface area contributed by atoms with E-state index in [9.17, 15) is 14.4 Å². The third-order valence-electron chi connectivity index (χ3n) is 8.03. The van der Waals surface area contributed by atoms with Gasteiger partial charge in [-0.05, 0) is 81.1 Å². The molecule has 0 unspecified atom stereocenters. The zero-order valence-corrected chi connectivity index (χ0v) is 17.9. The number of aryl methyl sites for hydroxylation is 1. The standard InChI is InChI=1S/C24H31N3O3/c1-15-3-5-19(6-4-15)23(2)21(29)27(22(30)26-23)13-20(28)25-14-24-10-16-7-17(11-24)9-18(8-16)12-24/h3-6,16-18H,7-14H2,1-2H3,(H,25,28)(H,26,30)/t16?,17?,18?,23-,24?/m1/s1. The third-order valence-corrected chi connectivity index (χ3v) is 8.03. The van der Waals surface area contributed by atoms with Crippen molar-refractivity contribution in [1.29, 1.82) is 0 Å². The summed E-state index contributed by atoms with van der Waals surface area (Å²) in [5.74, 6) is 1.86. The number of nitrogens with zero attached hydrogens (tertiary/aromatic N) is 1. The summed E-state index contributed by atoms with van der Waals surface area (Å²) in [7, 11) is 0. The van der Waals surface area contributed by atoms with Gasteiger partial charge in [0.15, 0.2) is 0 Å². The van der Waals surface area contributed by atoms with Gasteiger partial charge >= 0.3 is 6.03 Å². The van der Waals surface area contributed by atoms with Gasteiger partial charge in [0.05, 0.1) is 0 Å². The van der Waals surface area contributed by atoms with Crippen molar-refractivity contribution < 1.29 is 14.4 Å². The summed E-state index contributed by atoms with van der Waals surface area (Å²) >= 11 is 0. The number of urea groups is 1. The van der Waals surface area contributed by atoms with E-state index in [1.54, 1.807) is 6.92 Å². The van der Waals surface area contributed by atoms with Crippen LogP contribution in [0.15, 0.2) is 24.3 Å². The fourth-order valence-electron chi connectivity index (χ4n) is 6.92. The summed E-state index contributed by atoms with van der Waals surface area (Å²) in [4.78, 5) is 39.3. The number of hydrogen-bond donors (Lipinski definition) is 2. The Morgan fingerprint density at radius 1 is 1.07 bits per heavy atom. The van der Waals surface area contributed by atoms with Crippen LogP contribution in [0.3, 0.4) is 0 Å². The Labute approximate surface area is 177 Å². The SMILES string of the molecule is Cc1ccc([C@@]2(C)NC(=O)N(CC(=O)NCC34CC5CC(CC(C5)C3)C4)C2=O)cc1. The van der Waals surface area contributed by atoms with Crippen LogP contribution in [0.25, 0.3) is 0 Å². The minimum atomic E-state index is -1.13. The molecule has 6 rings (SSSR count). The van der Waals surface area contributed by atoms with Crippen molar-refractivity contribution in [2.24, 2.45) is 23.2 Å². The van der Waals surface area contributed by atoms with E-state index in [1.165, 1.54) is 38.5 Å². The molecule has 1 atom stereocenters.